The minimum atomic E-state index is -1.02. The molecule has 0 unspecified atom stereocenters. The maximum atomic E-state index is 13.7. The zero-order valence-corrected chi connectivity index (χ0v) is 36.4. The van der Waals surface area contributed by atoms with Gasteiger partial charge in [-0.05, 0) is 40.3 Å². The van der Waals surface area contributed by atoms with E-state index in [-0.39, 0.29) is 62.5 Å². The first-order valence-corrected chi connectivity index (χ1v) is 22.0. The van der Waals surface area contributed by atoms with Crippen molar-refractivity contribution in [3.05, 3.63) is 233 Å². The van der Waals surface area contributed by atoms with Crippen LogP contribution in [0.1, 0.15) is 62.3 Å². The molecule has 0 spiro atoms. The Morgan fingerprint density at radius 2 is 0.877 bits per heavy atom. The van der Waals surface area contributed by atoms with Gasteiger partial charge in [0.25, 0.3) is 0 Å². The summed E-state index contributed by atoms with van der Waals surface area (Å²) in [5.41, 5.74) is 6.00. The SMILES string of the molecule is CC(=O)c1c(O)cc(OCc2ccccc2)c([C@@H]2O[C@H](COCc3ccccc3)[C@@H](OCc3ccccc3)[C@H](OCc3ccccc3)[C@H]2OCc2ccccc2)c1OCc1ccccc1. The molecule has 7 aromatic carbocycles. The van der Waals surface area contributed by atoms with E-state index in [0.29, 0.717) is 12.2 Å². The van der Waals surface area contributed by atoms with Crippen LogP contribution in [0.3, 0.4) is 0 Å². The molecule has 5 atom stereocenters. The van der Waals surface area contributed by atoms with Gasteiger partial charge in [0.15, 0.2) is 5.78 Å². The second-order valence-electron chi connectivity index (χ2n) is 16.0. The van der Waals surface area contributed by atoms with E-state index < -0.39 is 36.3 Å². The summed E-state index contributed by atoms with van der Waals surface area (Å²) in [6, 6.07) is 60.6. The molecular formula is C56H54O9. The molecule has 0 saturated carbocycles. The molecule has 0 aliphatic carbocycles. The highest BCUT2D eigenvalue weighted by atomic mass is 16.6. The molecule has 9 heteroatoms. The van der Waals surface area contributed by atoms with E-state index in [9.17, 15) is 9.90 Å². The van der Waals surface area contributed by atoms with E-state index in [1.54, 1.807) is 0 Å². The summed E-state index contributed by atoms with van der Waals surface area (Å²) >= 11 is 0. The monoisotopic (exact) mass is 870 g/mol. The van der Waals surface area contributed by atoms with Crippen molar-refractivity contribution < 1.29 is 43.1 Å². The third kappa shape index (κ3) is 12.2. The average molecular weight is 871 g/mol. The number of ketones is 1. The van der Waals surface area contributed by atoms with E-state index >= 15 is 0 Å². The van der Waals surface area contributed by atoms with Crippen LogP contribution in [0.2, 0.25) is 0 Å². The summed E-state index contributed by atoms with van der Waals surface area (Å²) < 4.78 is 48.3. The van der Waals surface area contributed by atoms with Gasteiger partial charge in [0.1, 0.15) is 66.5 Å². The number of phenols is 1. The molecule has 1 aliphatic rings. The molecule has 0 radical (unpaired) electrons. The molecule has 9 nitrogen and oxygen atoms in total. The Bertz CT molecular complexity index is 2510. The third-order valence-electron chi connectivity index (χ3n) is 11.2. The number of hydrogen-bond donors (Lipinski definition) is 1. The van der Waals surface area contributed by atoms with Gasteiger partial charge in [-0.15, -0.1) is 0 Å². The summed E-state index contributed by atoms with van der Waals surface area (Å²) in [6.07, 6.45) is -4.17. The summed E-state index contributed by atoms with van der Waals surface area (Å²) in [5.74, 6) is -0.305. The number of carbonyl (C=O) groups is 1. The van der Waals surface area contributed by atoms with Crippen LogP contribution >= 0.6 is 0 Å². The summed E-state index contributed by atoms with van der Waals surface area (Å²) in [6.45, 7) is 2.75. The van der Waals surface area contributed by atoms with Gasteiger partial charge in [-0.1, -0.05) is 182 Å². The number of aromatic hydroxyl groups is 1. The molecule has 1 saturated heterocycles. The van der Waals surface area contributed by atoms with Crippen LogP contribution in [0.5, 0.6) is 17.2 Å². The first kappa shape index (κ1) is 45.0. The van der Waals surface area contributed by atoms with Crippen LogP contribution in [-0.4, -0.2) is 41.9 Å². The molecule has 1 fully saturated rings. The lowest BCUT2D eigenvalue weighted by Crippen LogP contribution is -2.58. The minimum absolute atomic E-state index is 0.00511. The molecule has 0 amide bonds. The van der Waals surface area contributed by atoms with Gasteiger partial charge in [-0.3, -0.25) is 4.79 Å². The Hall–Kier alpha value is -6.59. The lowest BCUT2D eigenvalue weighted by atomic mass is 9.88. The second-order valence-corrected chi connectivity index (χ2v) is 16.0. The molecule has 0 bridgehead atoms. The zero-order valence-electron chi connectivity index (χ0n) is 36.4. The Morgan fingerprint density at radius 3 is 1.32 bits per heavy atom. The van der Waals surface area contributed by atoms with E-state index in [1.165, 1.54) is 13.0 Å². The van der Waals surface area contributed by atoms with Gasteiger partial charge in [-0.2, -0.15) is 0 Å². The summed E-state index contributed by atoms with van der Waals surface area (Å²) in [4.78, 5) is 13.7. The first-order chi connectivity index (χ1) is 32.0. The van der Waals surface area contributed by atoms with E-state index in [4.69, 9.17) is 33.2 Å². The highest BCUT2D eigenvalue weighted by Crippen LogP contribution is 2.49. The van der Waals surface area contributed by atoms with Gasteiger partial charge in [0.05, 0.1) is 38.6 Å². The van der Waals surface area contributed by atoms with Crippen molar-refractivity contribution in [1.82, 2.24) is 0 Å². The lowest BCUT2D eigenvalue weighted by Gasteiger charge is -2.47. The lowest BCUT2D eigenvalue weighted by molar-refractivity contribution is -0.275. The Morgan fingerprint density at radius 1 is 0.492 bits per heavy atom. The predicted octanol–water partition coefficient (Wildman–Crippen LogP) is 11.2. The third-order valence-corrected chi connectivity index (χ3v) is 11.2. The van der Waals surface area contributed by atoms with Crippen LogP contribution in [-0.2, 0) is 63.3 Å². The molecule has 8 rings (SSSR count). The van der Waals surface area contributed by atoms with Gasteiger partial charge in [0, 0.05) is 6.07 Å². The number of phenolic OH excluding ortho intramolecular Hbond substituents is 1. The Balaban J connectivity index is 1.29. The fraction of sp³-hybridized carbons (Fsp3) is 0.232. The number of benzene rings is 7. The number of hydrogen-bond acceptors (Lipinski definition) is 9. The Kier molecular flexibility index (Phi) is 15.8. The molecule has 7 aromatic rings. The number of ether oxygens (including phenoxy) is 7. The first-order valence-electron chi connectivity index (χ1n) is 22.0. The van der Waals surface area contributed by atoms with Crippen molar-refractivity contribution in [3.63, 3.8) is 0 Å². The van der Waals surface area contributed by atoms with Crippen molar-refractivity contribution in [2.75, 3.05) is 6.61 Å². The van der Waals surface area contributed by atoms with E-state index in [1.807, 2.05) is 182 Å². The highest BCUT2D eigenvalue weighted by Gasteiger charge is 2.51. The van der Waals surface area contributed by atoms with Gasteiger partial charge in [0.2, 0.25) is 0 Å². The normalized spacial score (nSPS) is 18.2. The van der Waals surface area contributed by atoms with Crippen LogP contribution in [0.25, 0.3) is 0 Å². The molecule has 0 aromatic heterocycles. The number of rotatable bonds is 21. The molecule has 65 heavy (non-hydrogen) atoms. The quantitative estimate of drug-likeness (QED) is 0.0707. The van der Waals surface area contributed by atoms with Crippen LogP contribution < -0.4 is 9.47 Å². The maximum Gasteiger partial charge on any atom is 0.167 e. The average Bonchev–Trinajstić information content (AvgIpc) is 3.35. The van der Waals surface area contributed by atoms with Crippen LogP contribution in [0.4, 0.5) is 0 Å². The fourth-order valence-corrected chi connectivity index (χ4v) is 8.00. The summed E-state index contributed by atoms with van der Waals surface area (Å²) in [7, 11) is 0. The van der Waals surface area contributed by atoms with E-state index in [2.05, 4.69) is 0 Å². The van der Waals surface area contributed by atoms with Crippen molar-refractivity contribution >= 4 is 5.78 Å². The van der Waals surface area contributed by atoms with Crippen LogP contribution in [0.15, 0.2) is 188 Å². The number of carbonyl (C=O) groups excluding carboxylic acids is 1. The smallest absolute Gasteiger partial charge is 0.167 e. The molecule has 1 N–H and O–H groups in total. The maximum absolute atomic E-state index is 13.7. The number of Topliss-reactive ketones (excluding diaryl/α,β-unsaturated/α-hetero) is 1. The van der Waals surface area contributed by atoms with Crippen LogP contribution in [0, 0.1) is 0 Å². The van der Waals surface area contributed by atoms with Gasteiger partial charge in [-0.25, -0.2) is 0 Å². The van der Waals surface area contributed by atoms with Gasteiger partial charge < -0.3 is 38.3 Å². The largest absolute Gasteiger partial charge is 0.507 e. The van der Waals surface area contributed by atoms with Crippen molar-refractivity contribution in [1.29, 1.82) is 0 Å². The van der Waals surface area contributed by atoms with Gasteiger partial charge >= 0.3 is 0 Å². The molecule has 1 heterocycles. The predicted molar refractivity (Wildman–Crippen MR) is 248 cm³/mol. The van der Waals surface area contributed by atoms with Crippen molar-refractivity contribution in [2.24, 2.45) is 0 Å². The highest BCUT2D eigenvalue weighted by molar-refractivity contribution is 6.00. The van der Waals surface area contributed by atoms with Crippen molar-refractivity contribution in [3.8, 4) is 17.2 Å². The zero-order chi connectivity index (χ0) is 44.6. The molecular weight excluding hydrogens is 817 g/mol. The van der Waals surface area contributed by atoms with E-state index in [0.717, 1.165) is 33.4 Å². The van der Waals surface area contributed by atoms with Crippen molar-refractivity contribution in [2.45, 2.75) is 77.1 Å². The fourth-order valence-electron chi connectivity index (χ4n) is 8.00. The summed E-state index contributed by atoms with van der Waals surface area (Å²) in [5, 5.41) is 11.7. The molecule has 332 valence electrons. The minimum Gasteiger partial charge on any atom is -0.507 e. The molecule has 1 aliphatic heterocycles. The second kappa shape index (κ2) is 22.9. The standard InChI is InChI=1S/C56H54O9/c1-40(57)50-47(58)32-48(60-34-42-22-10-3-11-23-42)51(53(50)62-36-44-26-14-5-15-27-44)54-56(64-38-46-30-18-7-19-31-46)55(63-37-45-28-16-6-17-29-45)52(61-35-43-24-12-4-13-25-43)49(65-54)39-59-33-41-20-8-2-9-21-41/h2-32,49,52,54-56,58H,33-39H2,1H3/t49-,52-,54+,55+,56+/m1/s1. The Labute approximate surface area is 381 Å². The topological polar surface area (TPSA) is 102 Å².